The van der Waals surface area contributed by atoms with Crippen molar-refractivity contribution in [1.82, 2.24) is 10.2 Å². The predicted molar refractivity (Wildman–Crippen MR) is 80.0 cm³/mol. The maximum absolute atomic E-state index is 12.3. The number of amides is 1. The van der Waals surface area contributed by atoms with E-state index in [0.29, 0.717) is 13.2 Å². The zero-order valence-corrected chi connectivity index (χ0v) is 13.1. The van der Waals surface area contributed by atoms with Crippen LogP contribution in [0.25, 0.3) is 0 Å². The van der Waals surface area contributed by atoms with Crippen LogP contribution < -0.4 is 5.32 Å². The average Bonchev–Trinajstić information content (AvgIpc) is 2.74. The van der Waals surface area contributed by atoms with Gasteiger partial charge < -0.3 is 15.0 Å². The Kier molecular flexibility index (Phi) is 6.26. The van der Waals surface area contributed by atoms with Crippen molar-refractivity contribution in [3.05, 3.63) is 21.9 Å². The van der Waals surface area contributed by atoms with Gasteiger partial charge in [0, 0.05) is 23.3 Å². The highest BCUT2D eigenvalue weighted by molar-refractivity contribution is 7.11. The highest BCUT2D eigenvalue weighted by Crippen LogP contribution is 2.17. The summed E-state index contributed by atoms with van der Waals surface area (Å²) in [4.78, 5) is 16.6. The van der Waals surface area contributed by atoms with Crippen molar-refractivity contribution in [3.63, 3.8) is 0 Å². The van der Waals surface area contributed by atoms with E-state index in [1.54, 1.807) is 16.2 Å². The second-order valence-corrected chi connectivity index (χ2v) is 6.09. The molecular weight excluding hydrogens is 284 g/mol. The molecule has 1 aromatic heterocycles. The SMILES string of the molecule is Cc1ccc(CN(C)C(=O)[C@H]2NCCO[C@@H]2C)s1.Cl. The van der Waals surface area contributed by atoms with Gasteiger partial charge in [0.25, 0.3) is 0 Å². The smallest absolute Gasteiger partial charge is 0.242 e. The van der Waals surface area contributed by atoms with Gasteiger partial charge in [0.05, 0.1) is 19.3 Å². The predicted octanol–water partition coefficient (Wildman–Crippen LogP) is 1.81. The standard InChI is InChI=1S/C13H20N2O2S.ClH/c1-9-4-5-11(18-9)8-15(3)13(16)12-10(2)17-7-6-14-12;/h4-5,10,12,14H,6-8H2,1-3H3;1H/t10-,12+;/m1./s1. The Labute approximate surface area is 124 Å². The lowest BCUT2D eigenvalue weighted by molar-refractivity contribution is -0.138. The fourth-order valence-electron chi connectivity index (χ4n) is 2.13. The van der Waals surface area contributed by atoms with E-state index in [9.17, 15) is 4.79 Å². The van der Waals surface area contributed by atoms with Crippen LogP contribution in [-0.4, -0.2) is 43.2 Å². The van der Waals surface area contributed by atoms with Crippen molar-refractivity contribution in [2.75, 3.05) is 20.2 Å². The molecule has 1 saturated heterocycles. The molecule has 4 nitrogen and oxygen atoms in total. The van der Waals surface area contributed by atoms with Crippen molar-refractivity contribution in [3.8, 4) is 0 Å². The third-order valence-corrected chi connectivity index (χ3v) is 4.13. The lowest BCUT2D eigenvalue weighted by Crippen LogP contribution is -2.55. The van der Waals surface area contributed by atoms with Crippen molar-refractivity contribution in [2.45, 2.75) is 32.5 Å². The number of hydrogen-bond acceptors (Lipinski definition) is 4. The van der Waals surface area contributed by atoms with E-state index in [1.807, 2.05) is 14.0 Å². The van der Waals surface area contributed by atoms with Crippen molar-refractivity contribution >= 4 is 29.7 Å². The second-order valence-electron chi connectivity index (χ2n) is 4.71. The summed E-state index contributed by atoms with van der Waals surface area (Å²) in [5.41, 5.74) is 0. The fourth-order valence-corrected chi connectivity index (χ4v) is 3.07. The molecule has 1 aliphatic rings. The van der Waals surface area contributed by atoms with E-state index < -0.39 is 0 Å². The number of morpholine rings is 1. The third-order valence-electron chi connectivity index (χ3n) is 3.15. The first-order valence-electron chi connectivity index (χ1n) is 6.23. The maximum atomic E-state index is 12.3. The Bertz CT molecular complexity index is 425. The lowest BCUT2D eigenvalue weighted by Gasteiger charge is -2.32. The fraction of sp³-hybridized carbons (Fsp3) is 0.615. The molecule has 0 spiro atoms. The normalized spacial score (nSPS) is 22.7. The summed E-state index contributed by atoms with van der Waals surface area (Å²) in [5.74, 6) is 0.105. The average molecular weight is 305 g/mol. The molecule has 108 valence electrons. The van der Waals surface area contributed by atoms with Gasteiger partial charge in [0.2, 0.25) is 5.91 Å². The second kappa shape index (κ2) is 7.24. The number of rotatable bonds is 3. The third kappa shape index (κ3) is 4.18. The van der Waals surface area contributed by atoms with Crippen LogP contribution in [0.15, 0.2) is 12.1 Å². The van der Waals surface area contributed by atoms with Gasteiger partial charge in [-0.25, -0.2) is 0 Å². The van der Waals surface area contributed by atoms with Gasteiger partial charge in [-0.1, -0.05) is 0 Å². The van der Waals surface area contributed by atoms with Gasteiger partial charge in [0.15, 0.2) is 0 Å². The summed E-state index contributed by atoms with van der Waals surface area (Å²) in [6, 6.07) is 3.95. The first-order valence-corrected chi connectivity index (χ1v) is 7.05. The number of ether oxygens (including phenoxy) is 1. The van der Waals surface area contributed by atoms with Gasteiger partial charge in [-0.3, -0.25) is 4.79 Å². The first-order chi connectivity index (χ1) is 8.58. The topological polar surface area (TPSA) is 41.6 Å². The number of halogens is 1. The minimum absolute atomic E-state index is 0. The van der Waals surface area contributed by atoms with E-state index in [4.69, 9.17) is 4.74 Å². The van der Waals surface area contributed by atoms with Gasteiger partial charge in [0.1, 0.15) is 6.04 Å². The Morgan fingerprint density at radius 1 is 1.58 bits per heavy atom. The molecule has 0 saturated carbocycles. The maximum Gasteiger partial charge on any atom is 0.242 e. The van der Waals surface area contributed by atoms with Crippen molar-refractivity contribution in [1.29, 1.82) is 0 Å². The number of nitrogens with zero attached hydrogens (tertiary/aromatic N) is 1. The largest absolute Gasteiger partial charge is 0.375 e. The zero-order valence-electron chi connectivity index (χ0n) is 11.5. The van der Waals surface area contributed by atoms with Crippen LogP contribution in [0, 0.1) is 6.92 Å². The molecule has 0 aromatic carbocycles. The molecule has 0 radical (unpaired) electrons. The molecule has 1 amide bonds. The number of aryl methyl sites for hydroxylation is 1. The minimum atomic E-state index is -0.218. The number of nitrogens with one attached hydrogen (secondary N) is 1. The minimum Gasteiger partial charge on any atom is -0.375 e. The number of likely N-dealkylation sites (N-methyl/N-ethyl adjacent to an activating group) is 1. The highest BCUT2D eigenvalue weighted by atomic mass is 35.5. The summed E-state index contributed by atoms with van der Waals surface area (Å²) < 4.78 is 5.51. The molecule has 2 rings (SSSR count). The molecule has 1 N–H and O–H groups in total. The number of carbonyl (C=O) groups excluding carboxylic acids is 1. The van der Waals surface area contributed by atoms with Crippen LogP contribution in [0.5, 0.6) is 0 Å². The van der Waals surface area contributed by atoms with Crippen LogP contribution in [0.1, 0.15) is 16.7 Å². The summed E-state index contributed by atoms with van der Waals surface area (Å²) in [6.45, 7) is 6.11. The lowest BCUT2D eigenvalue weighted by atomic mass is 10.1. The Morgan fingerprint density at radius 3 is 2.89 bits per heavy atom. The summed E-state index contributed by atoms with van der Waals surface area (Å²) in [6.07, 6.45) is -0.0567. The van der Waals surface area contributed by atoms with Gasteiger partial charge in [-0.05, 0) is 26.0 Å². The quantitative estimate of drug-likeness (QED) is 0.926. The molecular formula is C13H21ClN2O2S. The summed E-state index contributed by atoms with van der Waals surface area (Å²) in [5, 5.41) is 3.23. The zero-order chi connectivity index (χ0) is 13.1. The Hall–Kier alpha value is -0.620. The molecule has 0 aliphatic carbocycles. The van der Waals surface area contributed by atoms with Crippen LogP contribution in [-0.2, 0) is 16.1 Å². The van der Waals surface area contributed by atoms with Crippen molar-refractivity contribution in [2.24, 2.45) is 0 Å². The highest BCUT2D eigenvalue weighted by Gasteiger charge is 2.30. The van der Waals surface area contributed by atoms with E-state index in [2.05, 4.69) is 24.4 Å². The summed E-state index contributed by atoms with van der Waals surface area (Å²) in [7, 11) is 1.85. The molecule has 0 bridgehead atoms. The van der Waals surface area contributed by atoms with Crippen LogP contribution in [0.3, 0.4) is 0 Å². The molecule has 1 fully saturated rings. The van der Waals surface area contributed by atoms with E-state index >= 15 is 0 Å². The Balaban J connectivity index is 0.00000180. The first kappa shape index (κ1) is 16.4. The molecule has 0 unspecified atom stereocenters. The van der Waals surface area contributed by atoms with E-state index in [1.165, 1.54) is 9.75 Å². The van der Waals surface area contributed by atoms with Gasteiger partial charge >= 0.3 is 0 Å². The van der Waals surface area contributed by atoms with Gasteiger partial charge in [-0.2, -0.15) is 0 Å². The summed E-state index contributed by atoms with van der Waals surface area (Å²) >= 11 is 1.74. The molecule has 1 aromatic rings. The number of thiophene rings is 1. The van der Waals surface area contributed by atoms with Crippen molar-refractivity contribution < 1.29 is 9.53 Å². The molecule has 2 heterocycles. The molecule has 2 atom stereocenters. The van der Waals surface area contributed by atoms with Crippen LogP contribution in [0.4, 0.5) is 0 Å². The molecule has 6 heteroatoms. The molecule has 1 aliphatic heterocycles. The number of hydrogen-bond donors (Lipinski definition) is 1. The monoisotopic (exact) mass is 304 g/mol. The molecule has 19 heavy (non-hydrogen) atoms. The van der Waals surface area contributed by atoms with Gasteiger partial charge in [-0.15, -0.1) is 23.7 Å². The van der Waals surface area contributed by atoms with Crippen LogP contribution in [0.2, 0.25) is 0 Å². The van der Waals surface area contributed by atoms with E-state index in [-0.39, 0.29) is 30.5 Å². The van der Waals surface area contributed by atoms with E-state index in [0.717, 1.165) is 6.54 Å². The van der Waals surface area contributed by atoms with Crippen LogP contribution >= 0.6 is 23.7 Å². The number of carbonyl (C=O) groups is 1. The Morgan fingerprint density at radius 2 is 2.32 bits per heavy atom.